The molecule has 1 aromatic heterocycles. The molecule has 2 aromatic rings. The maximum absolute atomic E-state index is 11.5. The van der Waals surface area contributed by atoms with Crippen molar-refractivity contribution in [1.82, 2.24) is 10.3 Å². The number of methoxy groups -OCH3 is 1. The van der Waals surface area contributed by atoms with Gasteiger partial charge in [0.1, 0.15) is 10.8 Å². The summed E-state index contributed by atoms with van der Waals surface area (Å²) in [5, 5.41) is 5.91. The summed E-state index contributed by atoms with van der Waals surface area (Å²) in [5.41, 5.74) is 2.05. The number of nitrogens with one attached hydrogen (secondary N) is 1. The van der Waals surface area contributed by atoms with Gasteiger partial charge in [-0.15, -0.1) is 11.3 Å². The van der Waals surface area contributed by atoms with Crippen LogP contribution < -0.4 is 10.1 Å². The summed E-state index contributed by atoms with van der Waals surface area (Å²) >= 11 is 1.61. The van der Waals surface area contributed by atoms with Crippen LogP contribution in [0.5, 0.6) is 5.75 Å². The van der Waals surface area contributed by atoms with E-state index in [0.29, 0.717) is 6.54 Å². The first-order valence-electron chi connectivity index (χ1n) is 6.96. The minimum Gasteiger partial charge on any atom is -0.497 e. The Morgan fingerprint density at radius 2 is 2.24 bits per heavy atom. The Kier molecular flexibility index (Phi) is 5.33. The number of amides is 1. The molecule has 0 radical (unpaired) electrons. The van der Waals surface area contributed by atoms with E-state index in [2.05, 4.69) is 10.3 Å². The van der Waals surface area contributed by atoms with Crippen LogP contribution in [-0.4, -0.2) is 24.5 Å². The van der Waals surface area contributed by atoms with Crippen LogP contribution in [0.25, 0.3) is 10.6 Å². The molecule has 5 heteroatoms. The Morgan fingerprint density at radius 3 is 2.95 bits per heavy atom. The lowest BCUT2D eigenvalue weighted by Crippen LogP contribution is -2.29. The monoisotopic (exact) mass is 304 g/mol. The van der Waals surface area contributed by atoms with Crippen LogP contribution in [0.1, 0.15) is 19.5 Å². The van der Waals surface area contributed by atoms with Gasteiger partial charge in [0.05, 0.1) is 12.8 Å². The van der Waals surface area contributed by atoms with Crippen LogP contribution in [0.2, 0.25) is 0 Å². The number of carbonyl (C=O) groups excluding carboxylic acids is 1. The van der Waals surface area contributed by atoms with Gasteiger partial charge in [-0.1, -0.05) is 26.0 Å². The number of rotatable bonds is 6. The van der Waals surface area contributed by atoms with E-state index in [1.807, 2.05) is 43.5 Å². The van der Waals surface area contributed by atoms with Crippen LogP contribution in [0, 0.1) is 5.92 Å². The Balaban J connectivity index is 1.96. The fraction of sp³-hybridized carbons (Fsp3) is 0.375. The molecule has 0 aliphatic rings. The highest BCUT2D eigenvalue weighted by Gasteiger charge is 2.08. The number of ether oxygens (including phenoxy) is 1. The zero-order valence-electron chi connectivity index (χ0n) is 12.6. The summed E-state index contributed by atoms with van der Waals surface area (Å²) < 4.78 is 5.23. The second-order valence-corrected chi connectivity index (χ2v) is 5.93. The minimum absolute atomic E-state index is 0.0211. The van der Waals surface area contributed by atoms with Gasteiger partial charge in [-0.2, -0.15) is 0 Å². The first kappa shape index (κ1) is 15.5. The second-order valence-electron chi connectivity index (χ2n) is 5.07. The number of carbonyl (C=O) groups is 1. The van der Waals surface area contributed by atoms with Crippen molar-refractivity contribution in [1.29, 1.82) is 0 Å². The van der Waals surface area contributed by atoms with Crippen molar-refractivity contribution in [3.63, 3.8) is 0 Å². The van der Waals surface area contributed by atoms with Gasteiger partial charge in [0, 0.05) is 29.8 Å². The maximum atomic E-state index is 11.5. The molecule has 0 atom stereocenters. The molecule has 0 spiro atoms. The fourth-order valence-corrected chi connectivity index (χ4v) is 2.68. The second kappa shape index (κ2) is 7.22. The van der Waals surface area contributed by atoms with E-state index in [1.165, 1.54) is 0 Å². The van der Waals surface area contributed by atoms with Gasteiger partial charge in [0.15, 0.2) is 0 Å². The predicted molar refractivity (Wildman–Crippen MR) is 85.7 cm³/mol. The lowest BCUT2D eigenvalue weighted by atomic mass is 10.2. The highest BCUT2D eigenvalue weighted by molar-refractivity contribution is 7.13. The number of thiazole rings is 1. The summed E-state index contributed by atoms with van der Waals surface area (Å²) in [6.07, 6.45) is 0.749. The van der Waals surface area contributed by atoms with Crippen molar-refractivity contribution >= 4 is 17.2 Å². The Hall–Kier alpha value is -1.88. The van der Waals surface area contributed by atoms with E-state index in [9.17, 15) is 4.79 Å². The minimum atomic E-state index is 0.0211. The van der Waals surface area contributed by atoms with E-state index in [-0.39, 0.29) is 11.8 Å². The molecule has 0 saturated heterocycles. The average Bonchev–Trinajstić information content (AvgIpc) is 2.96. The fourth-order valence-electron chi connectivity index (χ4n) is 1.83. The number of nitrogens with zero attached hydrogens (tertiary/aromatic N) is 1. The summed E-state index contributed by atoms with van der Waals surface area (Å²) in [6.45, 7) is 4.40. The molecule has 0 bridgehead atoms. The average molecular weight is 304 g/mol. The maximum Gasteiger partial charge on any atom is 0.222 e. The zero-order chi connectivity index (χ0) is 15.2. The Labute approximate surface area is 129 Å². The molecule has 21 heavy (non-hydrogen) atoms. The van der Waals surface area contributed by atoms with E-state index in [0.717, 1.165) is 28.4 Å². The molecule has 1 N–H and O–H groups in total. The van der Waals surface area contributed by atoms with E-state index in [4.69, 9.17) is 4.74 Å². The standard InChI is InChI=1S/C16H20N2O2S/c1-11(2)15(19)17-8-7-13-10-21-16(18-13)12-5-4-6-14(9-12)20-3/h4-6,9-11H,7-8H2,1-3H3,(H,17,19). The van der Waals surface area contributed by atoms with Crippen molar-refractivity contribution in [2.75, 3.05) is 13.7 Å². The number of hydrogen-bond acceptors (Lipinski definition) is 4. The molecule has 1 aromatic carbocycles. The molecule has 0 aliphatic heterocycles. The summed E-state index contributed by atoms with van der Waals surface area (Å²) in [6, 6.07) is 7.87. The third-order valence-electron chi connectivity index (χ3n) is 3.07. The highest BCUT2D eigenvalue weighted by atomic mass is 32.1. The Bertz CT molecular complexity index is 608. The van der Waals surface area contributed by atoms with E-state index < -0.39 is 0 Å². The normalized spacial score (nSPS) is 10.7. The van der Waals surface area contributed by atoms with Gasteiger partial charge < -0.3 is 10.1 Å². The van der Waals surface area contributed by atoms with Crippen LogP contribution in [0.3, 0.4) is 0 Å². The molecule has 0 aliphatic carbocycles. The van der Waals surface area contributed by atoms with Crippen molar-refractivity contribution in [3.8, 4) is 16.3 Å². The molecule has 2 rings (SSSR count). The van der Waals surface area contributed by atoms with E-state index >= 15 is 0 Å². The third kappa shape index (κ3) is 4.29. The smallest absolute Gasteiger partial charge is 0.222 e. The van der Waals surface area contributed by atoms with E-state index in [1.54, 1.807) is 18.4 Å². The first-order chi connectivity index (χ1) is 10.1. The quantitative estimate of drug-likeness (QED) is 0.892. The zero-order valence-corrected chi connectivity index (χ0v) is 13.4. The molecule has 1 heterocycles. The Morgan fingerprint density at radius 1 is 1.43 bits per heavy atom. The van der Waals surface area contributed by atoms with Crippen LogP contribution in [0.4, 0.5) is 0 Å². The molecular weight excluding hydrogens is 284 g/mol. The number of aromatic nitrogens is 1. The van der Waals surface area contributed by atoms with Gasteiger partial charge in [0.25, 0.3) is 0 Å². The molecule has 4 nitrogen and oxygen atoms in total. The molecular formula is C16H20N2O2S. The molecule has 112 valence electrons. The highest BCUT2D eigenvalue weighted by Crippen LogP contribution is 2.26. The van der Waals surface area contributed by atoms with Crippen LogP contribution >= 0.6 is 11.3 Å². The molecule has 0 fully saturated rings. The van der Waals surface area contributed by atoms with Gasteiger partial charge >= 0.3 is 0 Å². The largest absolute Gasteiger partial charge is 0.497 e. The third-order valence-corrected chi connectivity index (χ3v) is 4.01. The predicted octanol–water partition coefficient (Wildman–Crippen LogP) is 3.13. The SMILES string of the molecule is COc1cccc(-c2nc(CCNC(=O)C(C)C)cs2)c1. The topological polar surface area (TPSA) is 51.2 Å². The van der Waals surface area contributed by atoms with Crippen molar-refractivity contribution < 1.29 is 9.53 Å². The first-order valence-corrected chi connectivity index (χ1v) is 7.84. The molecule has 0 saturated carbocycles. The summed E-state index contributed by atoms with van der Waals surface area (Å²) in [5.74, 6) is 0.930. The lowest BCUT2D eigenvalue weighted by molar-refractivity contribution is -0.123. The summed E-state index contributed by atoms with van der Waals surface area (Å²) in [4.78, 5) is 16.1. The van der Waals surface area contributed by atoms with Crippen LogP contribution in [0.15, 0.2) is 29.6 Å². The van der Waals surface area contributed by atoms with Gasteiger partial charge in [0.2, 0.25) is 5.91 Å². The number of benzene rings is 1. The lowest BCUT2D eigenvalue weighted by Gasteiger charge is -2.06. The van der Waals surface area contributed by atoms with Gasteiger partial charge in [-0.05, 0) is 12.1 Å². The van der Waals surface area contributed by atoms with Crippen molar-refractivity contribution in [2.45, 2.75) is 20.3 Å². The van der Waals surface area contributed by atoms with Crippen LogP contribution in [-0.2, 0) is 11.2 Å². The van der Waals surface area contributed by atoms with Gasteiger partial charge in [-0.25, -0.2) is 4.98 Å². The van der Waals surface area contributed by atoms with Gasteiger partial charge in [-0.3, -0.25) is 4.79 Å². The summed E-state index contributed by atoms with van der Waals surface area (Å²) in [7, 11) is 1.66. The molecule has 0 unspecified atom stereocenters. The van der Waals surface area contributed by atoms with Crippen molar-refractivity contribution in [3.05, 3.63) is 35.3 Å². The molecule has 1 amide bonds. The number of hydrogen-bond donors (Lipinski definition) is 1. The van der Waals surface area contributed by atoms with Crippen molar-refractivity contribution in [2.24, 2.45) is 5.92 Å².